The number of thiazole rings is 1. The maximum absolute atomic E-state index is 12.5. The number of nitrogens with zero attached hydrogens (tertiary/aromatic N) is 1. The molecule has 0 aliphatic heterocycles. The summed E-state index contributed by atoms with van der Waals surface area (Å²) in [4.78, 5) is 16.8. The Hall–Kier alpha value is -2.20. The molecule has 1 amide bonds. The molecular formula is C19H20ClN3O4S2. The van der Waals surface area contributed by atoms with E-state index < -0.39 is 10.0 Å². The number of carbonyl (C=O) groups is 1. The van der Waals surface area contributed by atoms with Crippen LogP contribution in [0.1, 0.15) is 24.2 Å². The molecule has 1 atom stereocenters. The van der Waals surface area contributed by atoms with Crippen LogP contribution >= 0.6 is 22.9 Å². The monoisotopic (exact) mass is 453 g/mol. The van der Waals surface area contributed by atoms with Crippen molar-refractivity contribution >= 4 is 54.2 Å². The Labute approximate surface area is 177 Å². The zero-order valence-corrected chi connectivity index (χ0v) is 18.1. The first-order chi connectivity index (χ1) is 13.7. The van der Waals surface area contributed by atoms with Gasteiger partial charge in [-0.1, -0.05) is 36.8 Å². The summed E-state index contributed by atoms with van der Waals surface area (Å²) in [5, 5.41) is 12.8. The van der Waals surface area contributed by atoms with Gasteiger partial charge < -0.3 is 10.4 Å². The molecule has 0 fully saturated rings. The van der Waals surface area contributed by atoms with Crippen molar-refractivity contribution in [1.82, 2.24) is 10.3 Å². The highest BCUT2D eigenvalue weighted by molar-refractivity contribution is 7.93. The summed E-state index contributed by atoms with van der Waals surface area (Å²) in [7, 11) is -3.80. The predicted octanol–water partition coefficient (Wildman–Crippen LogP) is 3.50. The van der Waals surface area contributed by atoms with Crippen LogP contribution in [0, 0.1) is 5.92 Å². The lowest BCUT2D eigenvalue weighted by Crippen LogP contribution is -2.41. The quantitative estimate of drug-likeness (QED) is 0.507. The molecule has 7 nitrogen and oxygen atoms in total. The summed E-state index contributed by atoms with van der Waals surface area (Å²) < 4.78 is 28.1. The van der Waals surface area contributed by atoms with Crippen molar-refractivity contribution in [2.75, 3.05) is 11.3 Å². The molecular weight excluding hydrogens is 434 g/mol. The number of hydrogen-bond acceptors (Lipinski definition) is 6. The van der Waals surface area contributed by atoms with Gasteiger partial charge in [-0.2, -0.15) is 0 Å². The van der Waals surface area contributed by atoms with E-state index >= 15 is 0 Å². The van der Waals surface area contributed by atoms with Gasteiger partial charge in [0, 0.05) is 10.6 Å². The Bertz CT molecular complexity index is 1130. The first-order valence-corrected chi connectivity index (χ1v) is 11.5. The van der Waals surface area contributed by atoms with Crippen LogP contribution in [0.25, 0.3) is 10.2 Å². The zero-order valence-electron chi connectivity index (χ0n) is 15.7. The van der Waals surface area contributed by atoms with Crippen LogP contribution in [0.4, 0.5) is 5.13 Å². The van der Waals surface area contributed by atoms with Gasteiger partial charge in [0.2, 0.25) is 0 Å². The van der Waals surface area contributed by atoms with E-state index in [0.29, 0.717) is 20.8 Å². The minimum Gasteiger partial charge on any atom is -0.394 e. The SMILES string of the molecule is CC(C)[C@H](CO)NC(=O)c1ccc2nc(NS(=O)(=O)c3ccc(Cl)cc3)sc2c1. The van der Waals surface area contributed by atoms with Crippen LogP contribution in [-0.4, -0.2) is 37.1 Å². The van der Waals surface area contributed by atoms with E-state index in [4.69, 9.17) is 11.6 Å². The highest BCUT2D eigenvalue weighted by Gasteiger charge is 2.19. The molecule has 29 heavy (non-hydrogen) atoms. The molecule has 10 heteroatoms. The van der Waals surface area contributed by atoms with Gasteiger partial charge in [0.1, 0.15) is 0 Å². The number of hydrogen-bond donors (Lipinski definition) is 3. The van der Waals surface area contributed by atoms with Gasteiger partial charge in [0.05, 0.1) is 27.8 Å². The molecule has 0 saturated carbocycles. The van der Waals surface area contributed by atoms with Crippen molar-refractivity contribution in [2.45, 2.75) is 24.8 Å². The summed E-state index contributed by atoms with van der Waals surface area (Å²) in [6.45, 7) is 3.67. The van der Waals surface area contributed by atoms with Gasteiger partial charge in [0.25, 0.3) is 15.9 Å². The fourth-order valence-corrected chi connectivity index (χ4v) is 4.84. The third kappa shape index (κ3) is 5.05. The van der Waals surface area contributed by atoms with Gasteiger partial charge in [-0.25, -0.2) is 13.4 Å². The van der Waals surface area contributed by atoms with Crippen molar-refractivity contribution in [3.05, 3.63) is 53.1 Å². The molecule has 0 unspecified atom stereocenters. The van der Waals surface area contributed by atoms with Crippen LogP contribution in [0.15, 0.2) is 47.4 Å². The van der Waals surface area contributed by atoms with E-state index in [1.165, 1.54) is 24.3 Å². The highest BCUT2D eigenvalue weighted by atomic mass is 35.5. The molecule has 0 saturated heterocycles. The van der Waals surface area contributed by atoms with E-state index in [1.807, 2.05) is 13.8 Å². The van der Waals surface area contributed by atoms with Crippen molar-refractivity contribution < 1.29 is 18.3 Å². The average Bonchev–Trinajstić information content (AvgIpc) is 3.06. The van der Waals surface area contributed by atoms with E-state index in [2.05, 4.69) is 15.0 Å². The van der Waals surface area contributed by atoms with Gasteiger partial charge in [0.15, 0.2) is 5.13 Å². The Morgan fingerprint density at radius 3 is 2.52 bits per heavy atom. The number of anilines is 1. The zero-order chi connectivity index (χ0) is 21.2. The number of nitrogens with one attached hydrogen (secondary N) is 2. The van der Waals surface area contributed by atoms with Crippen molar-refractivity contribution in [3.63, 3.8) is 0 Å². The number of fused-ring (bicyclic) bond motifs is 1. The average molecular weight is 454 g/mol. The van der Waals surface area contributed by atoms with Gasteiger partial charge in [-0.3, -0.25) is 9.52 Å². The number of carbonyl (C=O) groups excluding carboxylic acids is 1. The second-order valence-corrected chi connectivity index (χ2v) is 9.92. The van der Waals surface area contributed by atoms with E-state index in [0.717, 1.165) is 11.3 Å². The molecule has 3 aromatic rings. The van der Waals surface area contributed by atoms with Crippen LogP contribution in [0.5, 0.6) is 0 Å². The normalized spacial score (nSPS) is 12.9. The molecule has 0 aliphatic carbocycles. The molecule has 2 aromatic carbocycles. The van der Waals surface area contributed by atoms with Crippen molar-refractivity contribution in [1.29, 1.82) is 0 Å². The largest absolute Gasteiger partial charge is 0.394 e. The summed E-state index contributed by atoms with van der Waals surface area (Å²) in [5.74, 6) is -0.221. The lowest BCUT2D eigenvalue weighted by molar-refractivity contribution is 0.0897. The Balaban J connectivity index is 1.82. The van der Waals surface area contributed by atoms with E-state index in [1.54, 1.807) is 18.2 Å². The summed E-state index contributed by atoms with van der Waals surface area (Å²) in [5.41, 5.74) is 0.982. The number of halogens is 1. The highest BCUT2D eigenvalue weighted by Crippen LogP contribution is 2.29. The Morgan fingerprint density at radius 2 is 1.90 bits per heavy atom. The summed E-state index contributed by atoms with van der Waals surface area (Å²) in [6, 6.07) is 10.4. The second kappa shape index (κ2) is 8.66. The summed E-state index contributed by atoms with van der Waals surface area (Å²) >= 11 is 6.93. The first-order valence-electron chi connectivity index (χ1n) is 8.80. The van der Waals surface area contributed by atoms with Crippen LogP contribution < -0.4 is 10.0 Å². The third-order valence-corrected chi connectivity index (χ3v) is 6.98. The van der Waals surface area contributed by atoms with Crippen LogP contribution in [0.3, 0.4) is 0 Å². The topological polar surface area (TPSA) is 108 Å². The predicted molar refractivity (Wildman–Crippen MR) is 115 cm³/mol. The van der Waals surface area contributed by atoms with Crippen molar-refractivity contribution in [3.8, 4) is 0 Å². The number of aromatic nitrogens is 1. The van der Waals surface area contributed by atoms with Crippen LogP contribution in [0.2, 0.25) is 5.02 Å². The molecule has 0 radical (unpaired) electrons. The Kier molecular flexibility index (Phi) is 6.42. The second-order valence-electron chi connectivity index (χ2n) is 6.77. The fraction of sp³-hybridized carbons (Fsp3) is 0.263. The molecule has 0 aliphatic rings. The van der Waals surface area contributed by atoms with Gasteiger partial charge in [-0.05, 0) is 48.4 Å². The number of aliphatic hydroxyl groups is 1. The van der Waals surface area contributed by atoms with Crippen molar-refractivity contribution in [2.24, 2.45) is 5.92 Å². The molecule has 3 N–H and O–H groups in total. The number of rotatable bonds is 7. The van der Waals surface area contributed by atoms with Crippen LogP contribution in [-0.2, 0) is 10.0 Å². The number of sulfonamides is 1. The fourth-order valence-electron chi connectivity index (χ4n) is 2.57. The minimum atomic E-state index is -3.80. The van der Waals surface area contributed by atoms with E-state index in [9.17, 15) is 18.3 Å². The number of benzene rings is 2. The smallest absolute Gasteiger partial charge is 0.263 e. The molecule has 0 spiro atoms. The molecule has 3 rings (SSSR count). The van der Waals surface area contributed by atoms with E-state index in [-0.39, 0.29) is 34.5 Å². The molecule has 154 valence electrons. The molecule has 1 heterocycles. The summed E-state index contributed by atoms with van der Waals surface area (Å²) in [6.07, 6.45) is 0. The minimum absolute atomic E-state index is 0.0740. The van der Waals surface area contributed by atoms with Gasteiger partial charge in [-0.15, -0.1) is 0 Å². The first kappa shape index (κ1) is 21.5. The maximum atomic E-state index is 12.5. The lowest BCUT2D eigenvalue weighted by atomic mass is 10.0. The molecule has 1 aromatic heterocycles. The van der Waals surface area contributed by atoms with Gasteiger partial charge >= 0.3 is 0 Å². The maximum Gasteiger partial charge on any atom is 0.263 e. The standard InChI is InChI=1S/C19H20ClN3O4S2/c1-11(2)16(10-24)21-18(25)12-3-8-15-17(9-12)28-19(22-15)23-29(26,27)14-6-4-13(20)5-7-14/h3-9,11,16,24H,10H2,1-2H3,(H,21,25)(H,22,23)/t16-/m0/s1. The number of aliphatic hydroxyl groups excluding tert-OH is 1. The Morgan fingerprint density at radius 1 is 1.21 bits per heavy atom. The lowest BCUT2D eigenvalue weighted by Gasteiger charge is -2.19. The molecule has 0 bridgehead atoms. The third-order valence-electron chi connectivity index (χ3n) is 4.31. The number of amides is 1.